The highest BCUT2D eigenvalue weighted by atomic mass is 79.9. The lowest BCUT2D eigenvalue weighted by Gasteiger charge is -2.20. The molecule has 0 aliphatic rings. The minimum absolute atomic E-state index is 0.0503. The summed E-state index contributed by atoms with van der Waals surface area (Å²) in [5, 5.41) is 0. The summed E-state index contributed by atoms with van der Waals surface area (Å²) < 4.78 is 25.3. The number of alkyl halides is 2. The molecule has 0 spiro atoms. The fourth-order valence-electron chi connectivity index (χ4n) is 1.29. The van der Waals surface area contributed by atoms with Gasteiger partial charge < -0.3 is 0 Å². The van der Waals surface area contributed by atoms with Gasteiger partial charge in [-0.3, -0.25) is 4.79 Å². The number of ketones is 1. The summed E-state index contributed by atoms with van der Waals surface area (Å²) in [5.41, 5.74) is 0.723. The maximum absolute atomic E-state index is 12.3. The van der Waals surface area contributed by atoms with Crippen LogP contribution in [0.15, 0.2) is 22.7 Å². The second kappa shape index (κ2) is 4.62. The Hall–Kier alpha value is -0.770. The van der Waals surface area contributed by atoms with Crippen LogP contribution >= 0.6 is 15.9 Å². The van der Waals surface area contributed by atoms with E-state index in [1.807, 2.05) is 26.8 Å². The molecule has 0 N–H and O–H groups in total. The molecule has 0 atom stereocenters. The van der Waals surface area contributed by atoms with E-state index in [2.05, 4.69) is 15.9 Å². The van der Waals surface area contributed by atoms with E-state index in [4.69, 9.17) is 0 Å². The van der Waals surface area contributed by atoms with E-state index in [9.17, 15) is 13.6 Å². The predicted molar refractivity (Wildman–Crippen MR) is 63.2 cm³/mol. The molecule has 0 unspecified atom stereocenters. The largest absolute Gasteiger partial charge is 0.300 e. The Morgan fingerprint density at radius 3 is 2.25 bits per heavy atom. The van der Waals surface area contributed by atoms with Gasteiger partial charge in [0.2, 0.25) is 5.78 Å². The van der Waals surface area contributed by atoms with Gasteiger partial charge in [-0.2, -0.15) is 0 Å². The number of rotatable bonds is 2. The average Bonchev–Trinajstić information content (AvgIpc) is 2.14. The maximum Gasteiger partial charge on any atom is 0.300 e. The molecule has 0 saturated heterocycles. The lowest BCUT2D eigenvalue weighted by atomic mass is 9.86. The highest BCUT2D eigenvalue weighted by molar-refractivity contribution is 9.10. The fourth-order valence-corrected chi connectivity index (χ4v) is 1.78. The van der Waals surface area contributed by atoms with Crippen LogP contribution in [-0.2, 0) is 5.41 Å². The van der Waals surface area contributed by atoms with Gasteiger partial charge in [-0.1, -0.05) is 36.7 Å². The summed E-state index contributed by atoms with van der Waals surface area (Å²) in [6.45, 7) is 5.89. The van der Waals surface area contributed by atoms with Crippen LogP contribution < -0.4 is 0 Å². The molecule has 16 heavy (non-hydrogen) atoms. The van der Waals surface area contributed by atoms with Crippen LogP contribution in [0.5, 0.6) is 0 Å². The van der Waals surface area contributed by atoms with E-state index in [0.717, 1.165) is 5.56 Å². The third-order valence-electron chi connectivity index (χ3n) is 2.25. The zero-order valence-corrected chi connectivity index (χ0v) is 10.9. The summed E-state index contributed by atoms with van der Waals surface area (Å²) in [5.74, 6) is -1.13. The lowest BCUT2D eigenvalue weighted by molar-refractivity contribution is 0.0678. The first kappa shape index (κ1) is 13.3. The zero-order chi connectivity index (χ0) is 12.5. The summed E-state index contributed by atoms with van der Waals surface area (Å²) in [7, 11) is 0. The Bertz CT molecular complexity index is 408. The molecule has 1 aromatic rings. The molecular formula is C12H13BrF2O. The first-order chi connectivity index (χ1) is 7.21. The second-order valence-corrected chi connectivity index (χ2v) is 5.56. The van der Waals surface area contributed by atoms with Crippen molar-refractivity contribution in [1.29, 1.82) is 0 Å². The van der Waals surface area contributed by atoms with Gasteiger partial charge in [0.25, 0.3) is 0 Å². The van der Waals surface area contributed by atoms with Gasteiger partial charge in [-0.25, -0.2) is 8.78 Å². The van der Waals surface area contributed by atoms with Crippen LogP contribution in [-0.4, -0.2) is 12.2 Å². The van der Waals surface area contributed by atoms with E-state index in [1.54, 1.807) is 0 Å². The van der Waals surface area contributed by atoms with Crippen LogP contribution in [0.3, 0.4) is 0 Å². The van der Waals surface area contributed by atoms with Crippen molar-refractivity contribution in [3.63, 3.8) is 0 Å². The molecule has 0 radical (unpaired) electrons. The van der Waals surface area contributed by atoms with E-state index < -0.39 is 12.2 Å². The molecule has 1 rings (SSSR count). The van der Waals surface area contributed by atoms with E-state index in [0.29, 0.717) is 4.47 Å². The Labute approximate surface area is 102 Å². The van der Waals surface area contributed by atoms with Gasteiger partial charge in [0.05, 0.1) is 0 Å². The molecule has 1 nitrogen and oxygen atoms in total. The van der Waals surface area contributed by atoms with Gasteiger partial charge in [-0.05, 0) is 29.2 Å². The van der Waals surface area contributed by atoms with Crippen LogP contribution in [0.2, 0.25) is 0 Å². The second-order valence-electron chi connectivity index (χ2n) is 4.64. The lowest BCUT2D eigenvalue weighted by Crippen LogP contribution is -2.15. The monoisotopic (exact) mass is 290 g/mol. The summed E-state index contributed by atoms with van der Waals surface area (Å²) in [6, 6.07) is 4.78. The first-order valence-electron chi connectivity index (χ1n) is 4.85. The summed E-state index contributed by atoms with van der Waals surface area (Å²) in [6.07, 6.45) is -2.96. The van der Waals surface area contributed by atoms with E-state index in [1.165, 1.54) is 12.1 Å². The molecule has 0 aliphatic carbocycles. The molecule has 88 valence electrons. The van der Waals surface area contributed by atoms with Crippen LogP contribution in [0.4, 0.5) is 8.78 Å². The van der Waals surface area contributed by atoms with Gasteiger partial charge in [0.1, 0.15) is 0 Å². The molecule has 0 aromatic heterocycles. The number of Topliss-reactive ketones (excluding diaryl/α,β-unsaturated/α-hetero) is 1. The van der Waals surface area contributed by atoms with Crippen molar-refractivity contribution in [1.82, 2.24) is 0 Å². The Kier molecular flexibility index (Phi) is 3.84. The van der Waals surface area contributed by atoms with Crippen molar-refractivity contribution in [3.05, 3.63) is 33.8 Å². The molecule has 0 fully saturated rings. The quantitative estimate of drug-likeness (QED) is 0.746. The molecule has 0 amide bonds. The van der Waals surface area contributed by atoms with E-state index >= 15 is 0 Å². The number of hydrogen-bond acceptors (Lipinski definition) is 1. The number of benzene rings is 1. The predicted octanol–water partition coefficient (Wildman–Crippen LogP) is 4.19. The number of halogens is 3. The molecular weight excluding hydrogens is 278 g/mol. The molecule has 0 bridgehead atoms. The molecule has 0 saturated carbocycles. The minimum Gasteiger partial charge on any atom is -0.288 e. The highest BCUT2D eigenvalue weighted by Gasteiger charge is 2.21. The average molecular weight is 291 g/mol. The molecule has 0 aliphatic heterocycles. The van der Waals surface area contributed by atoms with Gasteiger partial charge in [0.15, 0.2) is 0 Å². The fraction of sp³-hybridized carbons (Fsp3) is 0.417. The van der Waals surface area contributed by atoms with Gasteiger partial charge >= 0.3 is 6.43 Å². The van der Waals surface area contributed by atoms with Crippen LogP contribution in [0.1, 0.15) is 36.7 Å². The SMILES string of the molecule is CC(C)(C)c1cc(Br)cc(C(=O)C(F)F)c1. The normalized spacial score (nSPS) is 11.9. The number of carbonyl (C=O) groups excluding carboxylic acids is 1. The van der Waals surface area contributed by atoms with Crippen molar-refractivity contribution < 1.29 is 13.6 Å². The van der Waals surface area contributed by atoms with Crippen LogP contribution in [0, 0.1) is 0 Å². The third kappa shape index (κ3) is 3.11. The summed E-state index contributed by atoms with van der Waals surface area (Å²) >= 11 is 3.23. The van der Waals surface area contributed by atoms with E-state index in [-0.39, 0.29) is 11.0 Å². The van der Waals surface area contributed by atoms with Crippen molar-refractivity contribution in [2.45, 2.75) is 32.6 Å². The van der Waals surface area contributed by atoms with Crippen molar-refractivity contribution in [3.8, 4) is 0 Å². The van der Waals surface area contributed by atoms with Gasteiger partial charge in [-0.15, -0.1) is 0 Å². The number of carbonyl (C=O) groups is 1. The van der Waals surface area contributed by atoms with Crippen LogP contribution in [0.25, 0.3) is 0 Å². The minimum atomic E-state index is -2.96. The Morgan fingerprint density at radius 1 is 1.25 bits per heavy atom. The topological polar surface area (TPSA) is 17.1 Å². The molecule has 1 aromatic carbocycles. The molecule has 4 heteroatoms. The summed E-state index contributed by atoms with van der Waals surface area (Å²) in [4.78, 5) is 11.2. The van der Waals surface area contributed by atoms with Crippen molar-refractivity contribution in [2.75, 3.05) is 0 Å². The maximum atomic E-state index is 12.3. The Morgan fingerprint density at radius 2 is 1.81 bits per heavy atom. The number of hydrogen-bond donors (Lipinski definition) is 0. The zero-order valence-electron chi connectivity index (χ0n) is 9.35. The highest BCUT2D eigenvalue weighted by Crippen LogP contribution is 2.27. The van der Waals surface area contributed by atoms with Crippen molar-refractivity contribution in [2.24, 2.45) is 0 Å². The Balaban J connectivity index is 3.24. The van der Waals surface area contributed by atoms with Gasteiger partial charge in [0, 0.05) is 10.0 Å². The van der Waals surface area contributed by atoms with Crippen molar-refractivity contribution >= 4 is 21.7 Å². The smallest absolute Gasteiger partial charge is 0.288 e. The first-order valence-corrected chi connectivity index (χ1v) is 5.64. The standard InChI is InChI=1S/C12H13BrF2O/c1-12(2,3)8-4-7(5-9(13)6-8)10(16)11(14)15/h4-6,11H,1-3H3. The third-order valence-corrected chi connectivity index (χ3v) is 2.70. The molecule has 0 heterocycles.